The summed E-state index contributed by atoms with van der Waals surface area (Å²) in [6, 6.07) is 5.23. The average molecular weight is 258 g/mol. The van der Waals surface area contributed by atoms with E-state index in [1.807, 2.05) is 6.92 Å². The normalized spacial score (nSPS) is 12.6. The van der Waals surface area contributed by atoms with Crippen molar-refractivity contribution in [2.24, 2.45) is 5.92 Å². The van der Waals surface area contributed by atoms with Crippen LogP contribution < -0.4 is 5.32 Å². The number of amides is 1. The van der Waals surface area contributed by atoms with Gasteiger partial charge < -0.3 is 5.32 Å². The van der Waals surface area contributed by atoms with Gasteiger partial charge in [-0.15, -0.1) is 12.6 Å². The lowest BCUT2D eigenvalue weighted by atomic mass is 10.1. The molecule has 0 bridgehead atoms. The summed E-state index contributed by atoms with van der Waals surface area (Å²) in [6.07, 6.45) is 0. The molecule has 4 heteroatoms. The number of carbonyl (C=O) groups is 1. The average Bonchev–Trinajstić information content (AvgIpc) is 2.21. The third-order valence-corrected chi connectivity index (χ3v) is 3.16. The molecule has 1 aromatic carbocycles. The van der Waals surface area contributed by atoms with Gasteiger partial charge in [-0.1, -0.05) is 25.4 Å². The van der Waals surface area contributed by atoms with E-state index in [4.69, 9.17) is 11.6 Å². The lowest BCUT2D eigenvalue weighted by molar-refractivity contribution is 0.0930. The van der Waals surface area contributed by atoms with Crippen molar-refractivity contribution < 1.29 is 4.79 Å². The Morgan fingerprint density at radius 2 is 2.00 bits per heavy atom. The molecule has 16 heavy (non-hydrogen) atoms. The van der Waals surface area contributed by atoms with Crippen LogP contribution in [0.25, 0.3) is 0 Å². The molecule has 0 fully saturated rings. The molecular weight excluding hydrogens is 242 g/mol. The van der Waals surface area contributed by atoms with Crippen LogP contribution in [-0.2, 0) is 0 Å². The molecule has 0 saturated heterocycles. The molecule has 1 atom stereocenters. The maximum Gasteiger partial charge on any atom is 0.253 e. The maximum atomic E-state index is 11.9. The van der Waals surface area contributed by atoms with Gasteiger partial charge in [0.15, 0.2) is 0 Å². The molecule has 1 N–H and O–H groups in total. The smallest absolute Gasteiger partial charge is 0.253 e. The van der Waals surface area contributed by atoms with Crippen molar-refractivity contribution in [2.45, 2.75) is 31.7 Å². The Labute approximate surface area is 107 Å². The largest absolute Gasteiger partial charge is 0.349 e. The molecule has 0 radical (unpaired) electrons. The highest BCUT2D eigenvalue weighted by Gasteiger charge is 2.15. The highest BCUT2D eigenvalue weighted by Crippen LogP contribution is 2.19. The molecule has 1 unspecified atom stereocenters. The van der Waals surface area contributed by atoms with Crippen LogP contribution >= 0.6 is 24.2 Å². The molecule has 1 rings (SSSR count). The third kappa shape index (κ3) is 3.42. The van der Waals surface area contributed by atoms with Crippen LogP contribution in [0.2, 0.25) is 5.02 Å². The zero-order valence-electron chi connectivity index (χ0n) is 9.62. The minimum absolute atomic E-state index is 0.118. The van der Waals surface area contributed by atoms with Crippen molar-refractivity contribution in [3.8, 4) is 0 Å². The van der Waals surface area contributed by atoms with Gasteiger partial charge in [0.2, 0.25) is 0 Å². The van der Waals surface area contributed by atoms with E-state index in [1.54, 1.807) is 18.2 Å². The SMILES string of the molecule is CC(C)C(C)NC(=O)c1cc(S)ccc1Cl. The lowest BCUT2D eigenvalue weighted by Crippen LogP contribution is -2.36. The van der Waals surface area contributed by atoms with Gasteiger partial charge in [-0.3, -0.25) is 4.79 Å². The molecular formula is C12H16ClNOS. The standard InChI is InChI=1S/C12H16ClNOS/c1-7(2)8(3)14-12(15)10-6-9(16)4-5-11(10)13/h4-8,16H,1-3H3,(H,14,15). The zero-order valence-corrected chi connectivity index (χ0v) is 11.3. The Morgan fingerprint density at radius 3 is 2.56 bits per heavy atom. The number of hydrogen-bond acceptors (Lipinski definition) is 2. The van der Waals surface area contributed by atoms with Crippen LogP contribution in [-0.4, -0.2) is 11.9 Å². The first-order chi connectivity index (χ1) is 7.41. The molecule has 2 nitrogen and oxygen atoms in total. The Hall–Kier alpha value is -0.670. The van der Waals surface area contributed by atoms with Crippen molar-refractivity contribution in [3.05, 3.63) is 28.8 Å². The molecule has 1 aromatic rings. The molecule has 0 aliphatic heterocycles. The van der Waals surface area contributed by atoms with Crippen molar-refractivity contribution in [2.75, 3.05) is 0 Å². The van der Waals surface area contributed by atoms with Gasteiger partial charge in [0.1, 0.15) is 0 Å². The van der Waals surface area contributed by atoms with E-state index in [9.17, 15) is 4.79 Å². The Bertz CT molecular complexity index is 393. The second-order valence-corrected chi connectivity index (χ2v) is 5.09. The van der Waals surface area contributed by atoms with E-state index in [2.05, 4.69) is 31.8 Å². The predicted molar refractivity (Wildman–Crippen MR) is 70.5 cm³/mol. The topological polar surface area (TPSA) is 29.1 Å². The van der Waals surface area contributed by atoms with Crippen LogP contribution in [0.1, 0.15) is 31.1 Å². The number of hydrogen-bond donors (Lipinski definition) is 2. The summed E-state index contributed by atoms with van der Waals surface area (Å²) in [5, 5.41) is 3.36. The molecule has 88 valence electrons. The quantitative estimate of drug-likeness (QED) is 0.799. The monoisotopic (exact) mass is 257 g/mol. The van der Waals surface area contributed by atoms with Crippen molar-refractivity contribution in [1.29, 1.82) is 0 Å². The summed E-state index contributed by atoms with van der Waals surface area (Å²) in [5.74, 6) is 0.240. The lowest BCUT2D eigenvalue weighted by Gasteiger charge is -2.17. The summed E-state index contributed by atoms with van der Waals surface area (Å²) < 4.78 is 0. The second-order valence-electron chi connectivity index (χ2n) is 4.17. The van der Waals surface area contributed by atoms with Gasteiger partial charge in [0, 0.05) is 10.9 Å². The van der Waals surface area contributed by atoms with Crippen molar-refractivity contribution >= 4 is 30.1 Å². The first kappa shape index (κ1) is 13.4. The van der Waals surface area contributed by atoms with E-state index in [-0.39, 0.29) is 11.9 Å². The number of rotatable bonds is 3. The van der Waals surface area contributed by atoms with Crippen LogP contribution in [0.3, 0.4) is 0 Å². The zero-order chi connectivity index (χ0) is 12.3. The van der Waals surface area contributed by atoms with E-state index in [0.717, 1.165) is 4.90 Å². The van der Waals surface area contributed by atoms with Crippen LogP contribution in [0.4, 0.5) is 0 Å². The molecule has 0 aliphatic carbocycles. The molecule has 0 heterocycles. The third-order valence-electron chi connectivity index (χ3n) is 2.55. The molecule has 1 amide bonds. The number of halogens is 1. The van der Waals surface area contributed by atoms with Crippen LogP contribution in [0.5, 0.6) is 0 Å². The van der Waals surface area contributed by atoms with E-state index in [0.29, 0.717) is 16.5 Å². The van der Waals surface area contributed by atoms with Gasteiger partial charge in [0.25, 0.3) is 5.91 Å². The minimum atomic E-state index is -0.151. The number of carbonyl (C=O) groups excluding carboxylic acids is 1. The maximum absolute atomic E-state index is 11.9. The van der Waals surface area contributed by atoms with Crippen molar-refractivity contribution in [3.63, 3.8) is 0 Å². The van der Waals surface area contributed by atoms with E-state index >= 15 is 0 Å². The number of thiol groups is 1. The fraction of sp³-hybridized carbons (Fsp3) is 0.417. The summed E-state index contributed by atoms with van der Waals surface area (Å²) in [6.45, 7) is 6.09. The Kier molecular flexibility index (Phi) is 4.69. The number of benzene rings is 1. The van der Waals surface area contributed by atoms with Gasteiger partial charge in [-0.2, -0.15) is 0 Å². The fourth-order valence-corrected chi connectivity index (χ4v) is 1.55. The van der Waals surface area contributed by atoms with Crippen LogP contribution in [0, 0.1) is 5.92 Å². The van der Waals surface area contributed by atoms with Crippen molar-refractivity contribution in [1.82, 2.24) is 5.32 Å². The highest BCUT2D eigenvalue weighted by molar-refractivity contribution is 7.80. The van der Waals surface area contributed by atoms with Gasteiger partial charge in [0.05, 0.1) is 10.6 Å². The summed E-state index contributed by atoms with van der Waals surface area (Å²) >= 11 is 10.1. The summed E-state index contributed by atoms with van der Waals surface area (Å²) in [7, 11) is 0. The molecule has 0 aromatic heterocycles. The number of nitrogens with one attached hydrogen (secondary N) is 1. The summed E-state index contributed by atoms with van der Waals surface area (Å²) in [5.41, 5.74) is 0.474. The molecule has 0 saturated carbocycles. The summed E-state index contributed by atoms with van der Waals surface area (Å²) in [4.78, 5) is 12.6. The van der Waals surface area contributed by atoms with Crippen LogP contribution in [0.15, 0.2) is 23.1 Å². The van der Waals surface area contributed by atoms with Gasteiger partial charge >= 0.3 is 0 Å². The predicted octanol–water partition coefficient (Wildman–Crippen LogP) is 3.40. The Balaban J connectivity index is 2.84. The molecule has 0 spiro atoms. The van der Waals surface area contributed by atoms with Gasteiger partial charge in [-0.05, 0) is 31.0 Å². The highest BCUT2D eigenvalue weighted by atomic mass is 35.5. The molecule has 0 aliphatic rings. The Morgan fingerprint density at radius 1 is 1.38 bits per heavy atom. The second kappa shape index (κ2) is 5.60. The van der Waals surface area contributed by atoms with E-state index < -0.39 is 0 Å². The first-order valence-corrected chi connectivity index (χ1v) is 6.03. The first-order valence-electron chi connectivity index (χ1n) is 5.21. The fourth-order valence-electron chi connectivity index (χ4n) is 1.14. The van der Waals surface area contributed by atoms with Gasteiger partial charge in [-0.25, -0.2) is 0 Å². The van der Waals surface area contributed by atoms with E-state index in [1.165, 1.54) is 0 Å². The minimum Gasteiger partial charge on any atom is -0.349 e.